The number of carbonyl (C=O) groups excluding carboxylic acids is 1. The number of nitrogens with one attached hydrogen (secondary N) is 1. The average molecular weight is 214 g/mol. The third-order valence-electron chi connectivity index (χ3n) is 1.66. The zero-order valence-corrected chi connectivity index (χ0v) is 8.37. The van der Waals surface area contributed by atoms with Crippen LogP contribution in [0.15, 0.2) is 11.6 Å². The van der Waals surface area contributed by atoms with Crippen LogP contribution in [0.1, 0.15) is 24.4 Å². The maximum Gasteiger partial charge on any atom is 0.394 e. The van der Waals surface area contributed by atoms with Crippen molar-refractivity contribution in [3.05, 3.63) is 16.6 Å². The number of carbonyl (C=O) groups is 2. The number of amides is 1. The summed E-state index contributed by atoms with van der Waals surface area (Å²) in [6.45, 7) is 1.86. The fourth-order valence-corrected chi connectivity index (χ4v) is 1.74. The Morgan fingerprint density at radius 1 is 1.71 bits per heavy atom. The van der Waals surface area contributed by atoms with Gasteiger partial charge in [0, 0.05) is 11.6 Å². The molecule has 1 atom stereocenters. The van der Waals surface area contributed by atoms with Crippen LogP contribution in [0.25, 0.3) is 0 Å². The number of nitrogens with zero attached hydrogens (tertiary/aromatic N) is 1. The lowest BCUT2D eigenvalue weighted by Crippen LogP contribution is -2.33. The molecule has 14 heavy (non-hydrogen) atoms. The van der Waals surface area contributed by atoms with E-state index < -0.39 is 11.9 Å². The molecule has 0 bridgehead atoms. The molecule has 2 N–H and O–H groups in total. The minimum Gasteiger partial charge on any atom is -0.474 e. The van der Waals surface area contributed by atoms with Crippen molar-refractivity contribution in [2.45, 2.75) is 19.4 Å². The van der Waals surface area contributed by atoms with E-state index >= 15 is 0 Å². The van der Waals surface area contributed by atoms with E-state index in [2.05, 4.69) is 10.3 Å². The second-order valence-electron chi connectivity index (χ2n) is 2.61. The summed E-state index contributed by atoms with van der Waals surface area (Å²) in [5, 5.41) is 13.3. The van der Waals surface area contributed by atoms with E-state index in [1.54, 1.807) is 11.6 Å². The number of hydrogen-bond acceptors (Lipinski definition) is 4. The van der Waals surface area contributed by atoms with Crippen LogP contribution >= 0.6 is 11.3 Å². The minimum atomic E-state index is -1.47. The van der Waals surface area contributed by atoms with Gasteiger partial charge in [0.25, 0.3) is 0 Å². The summed E-state index contributed by atoms with van der Waals surface area (Å²) in [7, 11) is 0. The Hall–Kier alpha value is -1.43. The Labute approximate surface area is 84.8 Å². The van der Waals surface area contributed by atoms with E-state index in [0.717, 1.165) is 5.01 Å². The third-order valence-corrected chi connectivity index (χ3v) is 2.55. The molecule has 1 aromatic heterocycles. The molecule has 1 amide bonds. The van der Waals surface area contributed by atoms with E-state index in [0.29, 0.717) is 6.42 Å². The van der Waals surface area contributed by atoms with Gasteiger partial charge in [0.15, 0.2) is 0 Å². The lowest BCUT2D eigenvalue weighted by Gasteiger charge is -2.11. The quantitative estimate of drug-likeness (QED) is 0.729. The maximum absolute atomic E-state index is 10.9. The number of rotatable bonds is 3. The first-order valence-corrected chi connectivity index (χ1v) is 4.96. The molecular formula is C8H10N2O3S. The highest BCUT2D eigenvalue weighted by Gasteiger charge is 2.18. The Bertz CT molecular complexity index is 323. The average Bonchev–Trinajstić information content (AvgIpc) is 2.66. The number of thiazole rings is 1. The van der Waals surface area contributed by atoms with E-state index in [1.807, 2.05) is 6.92 Å². The summed E-state index contributed by atoms with van der Waals surface area (Å²) in [4.78, 5) is 25.2. The molecule has 0 fully saturated rings. The van der Waals surface area contributed by atoms with Gasteiger partial charge in [-0.25, -0.2) is 9.78 Å². The molecule has 0 aliphatic heterocycles. The van der Waals surface area contributed by atoms with Gasteiger partial charge in [-0.2, -0.15) is 0 Å². The molecule has 0 saturated heterocycles. The second-order valence-corrected chi connectivity index (χ2v) is 3.54. The summed E-state index contributed by atoms with van der Waals surface area (Å²) in [5.41, 5.74) is 0. The van der Waals surface area contributed by atoms with Gasteiger partial charge in [0.05, 0.1) is 6.04 Å². The van der Waals surface area contributed by atoms with Crippen molar-refractivity contribution in [3.63, 3.8) is 0 Å². The van der Waals surface area contributed by atoms with E-state index in [-0.39, 0.29) is 6.04 Å². The van der Waals surface area contributed by atoms with Gasteiger partial charge in [0.2, 0.25) is 0 Å². The third kappa shape index (κ3) is 2.53. The smallest absolute Gasteiger partial charge is 0.394 e. The number of aliphatic carboxylic acids is 1. The van der Waals surface area contributed by atoms with Gasteiger partial charge >= 0.3 is 11.9 Å². The normalized spacial score (nSPS) is 12.1. The molecule has 0 aromatic carbocycles. The predicted octanol–water partition coefficient (Wildman–Crippen LogP) is 0.795. The first-order chi connectivity index (χ1) is 6.65. The summed E-state index contributed by atoms with van der Waals surface area (Å²) in [6, 6.07) is -0.307. The van der Waals surface area contributed by atoms with Gasteiger partial charge in [-0.15, -0.1) is 11.3 Å². The molecule has 1 aromatic rings. The zero-order chi connectivity index (χ0) is 10.6. The molecule has 0 aliphatic rings. The Morgan fingerprint density at radius 2 is 2.43 bits per heavy atom. The van der Waals surface area contributed by atoms with Gasteiger partial charge < -0.3 is 10.4 Å². The first kappa shape index (κ1) is 10.6. The molecule has 5 nitrogen and oxygen atoms in total. The van der Waals surface area contributed by atoms with Crippen LogP contribution in [0.2, 0.25) is 0 Å². The zero-order valence-electron chi connectivity index (χ0n) is 7.56. The van der Waals surface area contributed by atoms with E-state index in [4.69, 9.17) is 5.11 Å². The molecule has 6 heteroatoms. The molecule has 0 spiro atoms. The highest BCUT2D eigenvalue weighted by molar-refractivity contribution is 7.09. The van der Waals surface area contributed by atoms with Crippen molar-refractivity contribution in [1.82, 2.24) is 10.3 Å². The van der Waals surface area contributed by atoms with E-state index in [9.17, 15) is 9.59 Å². The minimum absolute atomic E-state index is 0.307. The molecule has 1 unspecified atom stereocenters. The van der Waals surface area contributed by atoms with Crippen molar-refractivity contribution in [2.75, 3.05) is 0 Å². The van der Waals surface area contributed by atoms with Crippen molar-refractivity contribution < 1.29 is 14.7 Å². The van der Waals surface area contributed by atoms with Crippen molar-refractivity contribution in [3.8, 4) is 0 Å². The van der Waals surface area contributed by atoms with Crippen LogP contribution in [0.4, 0.5) is 0 Å². The maximum atomic E-state index is 10.9. The Morgan fingerprint density at radius 3 is 2.86 bits per heavy atom. The van der Waals surface area contributed by atoms with Crippen molar-refractivity contribution in [1.29, 1.82) is 0 Å². The number of carboxylic acids is 1. The van der Waals surface area contributed by atoms with Gasteiger partial charge in [-0.1, -0.05) is 6.92 Å². The van der Waals surface area contributed by atoms with Crippen molar-refractivity contribution in [2.24, 2.45) is 0 Å². The largest absolute Gasteiger partial charge is 0.474 e. The molecule has 76 valence electrons. The highest BCUT2D eigenvalue weighted by atomic mass is 32.1. The summed E-state index contributed by atoms with van der Waals surface area (Å²) in [6.07, 6.45) is 2.24. The molecular weight excluding hydrogens is 204 g/mol. The van der Waals surface area contributed by atoms with Crippen LogP contribution in [0, 0.1) is 0 Å². The van der Waals surface area contributed by atoms with Crippen LogP contribution < -0.4 is 5.32 Å². The summed E-state index contributed by atoms with van der Waals surface area (Å²) < 4.78 is 0. The predicted molar refractivity (Wildman–Crippen MR) is 50.9 cm³/mol. The Balaban J connectivity index is 2.65. The topological polar surface area (TPSA) is 79.3 Å². The number of carboxylic acid groups (broad SMARTS) is 1. The molecule has 0 radical (unpaired) electrons. The Kier molecular flexibility index (Phi) is 3.58. The fourth-order valence-electron chi connectivity index (χ4n) is 0.965. The van der Waals surface area contributed by atoms with Crippen LogP contribution in [0.5, 0.6) is 0 Å². The van der Waals surface area contributed by atoms with Crippen LogP contribution in [-0.4, -0.2) is 22.0 Å². The second kappa shape index (κ2) is 4.71. The summed E-state index contributed by atoms with van der Waals surface area (Å²) >= 11 is 1.39. The lowest BCUT2D eigenvalue weighted by molar-refractivity contribution is -0.150. The number of hydrogen-bond donors (Lipinski definition) is 2. The molecule has 1 heterocycles. The SMILES string of the molecule is CCC(NC(=O)C(=O)O)c1nccs1. The van der Waals surface area contributed by atoms with Gasteiger partial charge in [0.1, 0.15) is 5.01 Å². The lowest BCUT2D eigenvalue weighted by atomic mass is 10.2. The monoisotopic (exact) mass is 214 g/mol. The molecule has 0 aliphatic carbocycles. The summed E-state index contributed by atoms with van der Waals surface area (Å²) in [5.74, 6) is -2.47. The first-order valence-electron chi connectivity index (χ1n) is 4.08. The van der Waals surface area contributed by atoms with Gasteiger partial charge in [-0.05, 0) is 6.42 Å². The highest BCUT2D eigenvalue weighted by Crippen LogP contribution is 2.18. The van der Waals surface area contributed by atoms with Crippen molar-refractivity contribution >= 4 is 23.2 Å². The van der Waals surface area contributed by atoms with Crippen LogP contribution in [-0.2, 0) is 9.59 Å². The van der Waals surface area contributed by atoms with E-state index in [1.165, 1.54) is 11.3 Å². The van der Waals surface area contributed by atoms with Gasteiger partial charge in [-0.3, -0.25) is 4.79 Å². The molecule has 0 saturated carbocycles. The van der Waals surface area contributed by atoms with Crippen LogP contribution in [0.3, 0.4) is 0 Å². The molecule has 1 rings (SSSR count). The number of aromatic nitrogens is 1. The standard InChI is InChI=1S/C8H10N2O3S/c1-2-5(7-9-3-4-14-7)10-6(11)8(12)13/h3-5H,2H2,1H3,(H,10,11)(H,12,13). The fraction of sp³-hybridized carbons (Fsp3) is 0.375.